The van der Waals surface area contributed by atoms with Crippen LogP contribution in [-0.4, -0.2) is 48.8 Å². The molecule has 0 spiro atoms. The quantitative estimate of drug-likeness (QED) is 0.338. The molecule has 0 aromatic heterocycles. The number of rotatable bonds is 5. The Bertz CT molecular complexity index is 620. The van der Waals surface area contributed by atoms with Crippen LogP contribution in [0.15, 0.2) is 18.2 Å². The third-order valence-corrected chi connectivity index (χ3v) is 3.16. The van der Waals surface area contributed by atoms with Crippen LogP contribution in [-0.2, 0) is 4.84 Å². The third-order valence-electron chi connectivity index (χ3n) is 3.16. The maximum atomic E-state index is 12.4. The SMILES string of the molecule is CN(C(=N)N)c1ccc2c(c1)C(=O)N(CCO[N+](=O)[O-])CO2. The van der Waals surface area contributed by atoms with Crippen molar-refractivity contribution in [3.8, 4) is 5.75 Å². The molecule has 0 saturated heterocycles. The van der Waals surface area contributed by atoms with E-state index in [0.29, 0.717) is 17.0 Å². The summed E-state index contributed by atoms with van der Waals surface area (Å²) in [7, 11) is 1.60. The molecule has 1 aromatic rings. The molecule has 0 atom stereocenters. The number of nitrogens with zero attached hydrogens (tertiary/aromatic N) is 3. The molecule has 0 fully saturated rings. The fourth-order valence-corrected chi connectivity index (χ4v) is 1.93. The molecule has 0 aliphatic carbocycles. The van der Waals surface area contributed by atoms with Gasteiger partial charge in [-0.15, -0.1) is 10.1 Å². The van der Waals surface area contributed by atoms with Gasteiger partial charge in [0.2, 0.25) is 0 Å². The second-order valence-electron chi connectivity index (χ2n) is 4.52. The van der Waals surface area contributed by atoms with Crippen molar-refractivity contribution in [2.24, 2.45) is 5.73 Å². The number of fused-ring (bicyclic) bond motifs is 1. The molecule has 3 N–H and O–H groups in total. The van der Waals surface area contributed by atoms with E-state index in [1.807, 2.05) is 0 Å². The summed E-state index contributed by atoms with van der Waals surface area (Å²) in [4.78, 5) is 29.4. The lowest BCUT2D eigenvalue weighted by molar-refractivity contribution is -0.757. The maximum absolute atomic E-state index is 12.4. The number of benzene rings is 1. The predicted molar refractivity (Wildman–Crippen MR) is 76.2 cm³/mol. The van der Waals surface area contributed by atoms with Crippen LogP contribution in [0.5, 0.6) is 5.75 Å². The van der Waals surface area contributed by atoms with Gasteiger partial charge in [0, 0.05) is 19.3 Å². The van der Waals surface area contributed by atoms with Gasteiger partial charge in [-0.05, 0) is 18.2 Å². The summed E-state index contributed by atoms with van der Waals surface area (Å²) in [6.07, 6.45) is 0. The Morgan fingerprint density at radius 2 is 2.36 bits per heavy atom. The van der Waals surface area contributed by atoms with Gasteiger partial charge in [-0.25, -0.2) is 0 Å². The number of amides is 1. The van der Waals surface area contributed by atoms with E-state index < -0.39 is 5.09 Å². The van der Waals surface area contributed by atoms with Crippen molar-refractivity contribution in [3.05, 3.63) is 33.9 Å². The molecule has 1 amide bonds. The average molecular weight is 309 g/mol. The summed E-state index contributed by atoms with van der Waals surface area (Å²) in [5.41, 5.74) is 6.27. The van der Waals surface area contributed by atoms with E-state index in [0.717, 1.165) is 0 Å². The molecular formula is C12H15N5O5. The zero-order chi connectivity index (χ0) is 16.3. The molecule has 0 bridgehead atoms. The largest absolute Gasteiger partial charge is 0.472 e. The second-order valence-corrected chi connectivity index (χ2v) is 4.52. The molecule has 1 aliphatic rings. The normalized spacial score (nSPS) is 13.1. The lowest BCUT2D eigenvalue weighted by Crippen LogP contribution is -2.41. The van der Waals surface area contributed by atoms with Crippen LogP contribution in [0.2, 0.25) is 0 Å². The third kappa shape index (κ3) is 3.16. The molecule has 10 nitrogen and oxygen atoms in total. The van der Waals surface area contributed by atoms with Crippen molar-refractivity contribution in [1.82, 2.24) is 4.90 Å². The van der Waals surface area contributed by atoms with Crippen molar-refractivity contribution in [3.63, 3.8) is 0 Å². The first-order valence-corrected chi connectivity index (χ1v) is 6.31. The Morgan fingerprint density at radius 1 is 1.64 bits per heavy atom. The Labute approximate surface area is 125 Å². The van der Waals surface area contributed by atoms with Crippen LogP contribution in [0.1, 0.15) is 10.4 Å². The number of ether oxygens (including phenoxy) is 1. The van der Waals surface area contributed by atoms with Crippen LogP contribution < -0.4 is 15.4 Å². The van der Waals surface area contributed by atoms with Gasteiger partial charge in [-0.1, -0.05) is 0 Å². The van der Waals surface area contributed by atoms with E-state index in [1.54, 1.807) is 25.2 Å². The second kappa shape index (κ2) is 6.16. The van der Waals surface area contributed by atoms with Crippen LogP contribution in [0, 0.1) is 15.5 Å². The van der Waals surface area contributed by atoms with Gasteiger partial charge in [0.25, 0.3) is 11.0 Å². The van der Waals surface area contributed by atoms with E-state index in [9.17, 15) is 14.9 Å². The Hall–Kier alpha value is -3.04. The number of carbonyl (C=O) groups is 1. The summed E-state index contributed by atoms with van der Waals surface area (Å²) in [5, 5.41) is 16.6. The van der Waals surface area contributed by atoms with Gasteiger partial charge in [-0.2, -0.15) is 0 Å². The van der Waals surface area contributed by atoms with E-state index in [2.05, 4.69) is 4.84 Å². The summed E-state index contributed by atoms with van der Waals surface area (Å²) >= 11 is 0. The fourth-order valence-electron chi connectivity index (χ4n) is 1.93. The first-order chi connectivity index (χ1) is 10.4. The number of anilines is 1. The van der Waals surface area contributed by atoms with Gasteiger partial charge in [0.15, 0.2) is 12.7 Å². The van der Waals surface area contributed by atoms with Crippen molar-refractivity contribution < 1.29 is 19.5 Å². The summed E-state index contributed by atoms with van der Waals surface area (Å²) in [6.45, 7) is -0.203. The molecule has 22 heavy (non-hydrogen) atoms. The number of guanidine groups is 1. The van der Waals surface area contributed by atoms with Crippen molar-refractivity contribution in [2.45, 2.75) is 0 Å². The highest BCUT2D eigenvalue weighted by Crippen LogP contribution is 2.28. The minimum Gasteiger partial charge on any atom is -0.472 e. The number of carbonyl (C=O) groups excluding carboxylic acids is 1. The van der Waals surface area contributed by atoms with E-state index >= 15 is 0 Å². The number of hydrogen-bond donors (Lipinski definition) is 2. The molecule has 0 unspecified atom stereocenters. The van der Waals surface area contributed by atoms with Gasteiger partial charge >= 0.3 is 0 Å². The molecule has 1 aliphatic heterocycles. The van der Waals surface area contributed by atoms with E-state index in [-0.39, 0.29) is 31.7 Å². The first-order valence-electron chi connectivity index (χ1n) is 6.31. The Morgan fingerprint density at radius 3 is 3.00 bits per heavy atom. The summed E-state index contributed by atoms with van der Waals surface area (Å²) in [5.74, 6) is -0.0792. The van der Waals surface area contributed by atoms with Gasteiger partial charge < -0.3 is 25.1 Å². The lowest BCUT2D eigenvalue weighted by Gasteiger charge is -2.29. The number of nitrogens with two attached hydrogens (primary N) is 1. The topological polar surface area (TPSA) is 135 Å². The summed E-state index contributed by atoms with van der Waals surface area (Å²) < 4.78 is 5.44. The maximum Gasteiger partial charge on any atom is 0.294 e. The monoisotopic (exact) mass is 309 g/mol. The van der Waals surface area contributed by atoms with Crippen LogP contribution in [0.4, 0.5) is 5.69 Å². The highest BCUT2D eigenvalue weighted by molar-refractivity contribution is 6.00. The Kier molecular flexibility index (Phi) is 4.30. The van der Waals surface area contributed by atoms with Crippen LogP contribution in [0.3, 0.4) is 0 Å². The predicted octanol–water partition coefficient (Wildman–Crippen LogP) is 0.0167. The smallest absolute Gasteiger partial charge is 0.294 e. The highest BCUT2D eigenvalue weighted by atomic mass is 16.9. The standard InChI is InChI=1S/C12H15N5O5/c1-15(12(13)14)8-2-3-10-9(6-8)11(18)16(7-21-10)4-5-22-17(19)20/h2-3,6H,4-5,7H2,1H3,(H3,13,14). The molecule has 10 heteroatoms. The van der Waals surface area contributed by atoms with Gasteiger partial charge in [0.1, 0.15) is 12.4 Å². The van der Waals surface area contributed by atoms with Crippen molar-refractivity contribution in [2.75, 3.05) is 31.8 Å². The minimum atomic E-state index is -0.914. The zero-order valence-electron chi connectivity index (χ0n) is 11.8. The van der Waals surface area contributed by atoms with Gasteiger partial charge in [-0.3, -0.25) is 10.2 Å². The highest BCUT2D eigenvalue weighted by Gasteiger charge is 2.26. The molecule has 1 aromatic carbocycles. The zero-order valence-corrected chi connectivity index (χ0v) is 11.8. The van der Waals surface area contributed by atoms with Crippen molar-refractivity contribution in [1.29, 1.82) is 5.41 Å². The molecule has 0 radical (unpaired) electrons. The molecule has 118 valence electrons. The van der Waals surface area contributed by atoms with E-state index in [4.69, 9.17) is 15.9 Å². The number of hydrogen-bond acceptors (Lipinski definition) is 6. The fraction of sp³-hybridized carbons (Fsp3) is 0.333. The number of nitrogens with one attached hydrogen (secondary N) is 1. The molecular weight excluding hydrogens is 294 g/mol. The molecule has 1 heterocycles. The Balaban J connectivity index is 2.15. The summed E-state index contributed by atoms with van der Waals surface area (Å²) in [6, 6.07) is 4.85. The average Bonchev–Trinajstić information content (AvgIpc) is 2.48. The lowest BCUT2D eigenvalue weighted by atomic mass is 10.1. The molecule has 0 saturated carbocycles. The van der Waals surface area contributed by atoms with Crippen LogP contribution in [0.25, 0.3) is 0 Å². The van der Waals surface area contributed by atoms with Crippen molar-refractivity contribution >= 4 is 17.6 Å². The first kappa shape index (κ1) is 15.4. The molecule has 2 rings (SSSR count). The van der Waals surface area contributed by atoms with Crippen LogP contribution >= 0.6 is 0 Å². The van der Waals surface area contributed by atoms with E-state index in [1.165, 1.54) is 9.80 Å². The van der Waals surface area contributed by atoms with Gasteiger partial charge in [0.05, 0.1) is 5.56 Å². The minimum absolute atomic E-state index is 0.00516.